The van der Waals surface area contributed by atoms with Gasteiger partial charge in [-0.15, -0.1) is 0 Å². The third-order valence-electron chi connectivity index (χ3n) is 2.58. The molecule has 0 amide bonds. The van der Waals surface area contributed by atoms with Crippen LogP contribution in [0.3, 0.4) is 0 Å². The largest absolute Gasteiger partial charge is 0.455 e. The average molecular weight is 229 g/mol. The van der Waals surface area contributed by atoms with E-state index in [1.165, 1.54) is 0 Å². The molecule has 0 saturated carbocycles. The monoisotopic (exact) mass is 229 g/mol. The van der Waals surface area contributed by atoms with E-state index in [4.69, 9.17) is 21.9 Å². The summed E-state index contributed by atoms with van der Waals surface area (Å²) in [7, 11) is 0. The molecule has 0 aliphatic heterocycles. The van der Waals surface area contributed by atoms with E-state index in [1.807, 2.05) is 25.1 Å². The van der Waals surface area contributed by atoms with Crippen molar-refractivity contribution >= 4 is 17.1 Å². The van der Waals surface area contributed by atoms with E-state index >= 15 is 0 Å². The van der Waals surface area contributed by atoms with E-state index in [0.29, 0.717) is 28.6 Å². The lowest BCUT2D eigenvalue weighted by molar-refractivity contribution is 0.482. The van der Waals surface area contributed by atoms with Gasteiger partial charge < -0.3 is 21.9 Å². The summed E-state index contributed by atoms with van der Waals surface area (Å²) in [6.07, 6.45) is 0. The van der Waals surface area contributed by atoms with Gasteiger partial charge in [-0.1, -0.05) is 6.07 Å². The Labute approximate surface area is 100.0 Å². The molecule has 0 heterocycles. The second-order valence-corrected chi connectivity index (χ2v) is 3.87. The number of benzene rings is 2. The first-order chi connectivity index (χ1) is 8.08. The molecule has 6 N–H and O–H groups in total. The van der Waals surface area contributed by atoms with Gasteiger partial charge in [-0.3, -0.25) is 0 Å². The summed E-state index contributed by atoms with van der Waals surface area (Å²) in [6, 6.07) is 10.7. The standard InChI is InChI=1S/C13H15N3O/c1-8-10(15)3-2-4-12(8)17-13-6-5-9(14)7-11(13)16/h2-7H,14-16H2,1H3. The van der Waals surface area contributed by atoms with E-state index in [0.717, 1.165) is 5.56 Å². The maximum atomic E-state index is 5.82. The Bertz CT molecular complexity index is 552. The molecule has 0 bridgehead atoms. The lowest BCUT2D eigenvalue weighted by Gasteiger charge is -2.12. The number of anilines is 3. The summed E-state index contributed by atoms with van der Waals surface area (Å²) in [6.45, 7) is 1.90. The molecule has 0 aliphatic rings. The molecule has 0 saturated heterocycles. The van der Waals surface area contributed by atoms with Gasteiger partial charge in [-0.25, -0.2) is 0 Å². The molecule has 2 aromatic carbocycles. The lowest BCUT2D eigenvalue weighted by Crippen LogP contribution is -1.97. The van der Waals surface area contributed by atoms with Crippen LogP contribution in [-0.4, -0.2) is 0 Å². The van der Waals surface area contributed by atoms with Crippen LogP contribution in [0.2, 0.25) is 0 Å². The zero-order chi connectivity index (χ0) is 12.4. The zero-order valence-corrected chi connectivity index (χ0v) is 9.60. The molecule has 4 heteroatoms. The number of nitrogen functional groups attached to an aromatic ring is 3. The summed E-state index contributed by atoms with van der Waals surface area (Å²) in [4.78, 5) is 0. The van der Waals surface area contributed by atoms with Gasteiger partial charge in [0.05, 0.1) is 5.69 Å². The lowest BCUT2D eigenvalue weighted by atomic mass is 10.2. The Kier molecular flexibility index (Phi) is 2.78. The van der Waals surface area contributed by atoms with Crippen molar-refractivity contribution in [1.82, 2.24) is 0 Å². The van der Waals surface area contributed by atoms with Gasteiger partial charge in [0.2, 0.25) is 0 Å². The van der Waals surface area contributed by atoms with Crippen LogP contribution in [-0.2, 0) is 0 Å². The van der Waals surface area contributed by atoms with Crippen molar-refractivity contribution in [3.8, 4) is 11.5 Å². The van der Waals surface area contributed by atoms with Crippen molar-refractivity contribution < 1.29 is 4.74 Å². The first-order valence-corrected chi connectivity index (χ1v) is 5.26. The Hall–Kier alpha value is -2.36. The first-order valence-electron chi connectivity index (χ1n) is 5.26. The number of hydrogen-bond donors (Lipinski definition) is 3. The highest BCUT2D eigenvalue weighted by atomic mass is 16.5. The van der Waals surface area contributed by atoms with Crippen LogP contribution in [0, 0.1) is 6.92 Å². The van der Waals surface area contributed by atoms with Crippen LogP contribution in [0.25, 0.3) is 0 Å². The second-order valence-electron chi connectivity index (χ2n) is 3.87. The summed E-state index contributed by atoms with van der Waals surface area (Å²) >= 11 is 0. The minimum Gasteiger partial charge on any atom is -0.455 e. The quantitative estimate of drug-likeness (QED) is 0.690. The molecule has 0 aliphatic carbocycles. The van der Waals surface area contributed by atoms with Crippen molar-refractivity contribution in [2.45, 2.75) is 6.92 Å². The minimum atomic E-state index is 0.506. The molecule has 0 radical (unpaired) electrons. The maximum absolute atomic E-state index is 5.82. The molecule has 0 aromatic heterocycles. The van der Waals surface area contributed by atoms with E-state index in [-0.39, 0.29) is 0 Å². The Morgan fingerprint density at radius 3 is 2.35 bits per heavy atom. The Balaban J connectivity index is 2.35. The summed E-state index contributed by atoms with van der Waals surface area (Å²) < 4.78 is 5.72. The van der Waals surface area contributed by atoms with Gasteiger partial charge in [0.15, 0.2) is 0 Å². The highest BCUT2D eigenvalue weighted by Gasteiger charge is 2.06. The predicted molar refractivity (Wildman–Crippen MR) is 70.9 cm³/mol. The van der Waals surface area contributed by atoms with E-state index in [2.05, 4.69) is 0 Å². The van der Waals surface area contributed by atoms with Crippen LogP contribution >= 0.6 is 0 Å². The van der Waals surface area contributed by atoms with E-state index < -0.39 is 0 Å². The molecule has 2 rings (SSSR count). The van der Waals surface area contributed by atoms with Gasteiger partial charge in [0, 0.05) is 16.9 Å². The van der Waals surface area contributed by atoms with Gasteiger partial charge in [0.25, 0.3) is 0 Å². The molecule has 0 unspecified atom stereocenters. The fourth-order valence-corrected chi connectivity index (χ4v) is 1.52. The molecule has 88 valence electrons. The fourth-order valence-electron chi connectivity index (χ4n) is 1.52. The van der Waals surface area contributed by atoms with Gasteiger partial charge in [0.1, 0.15) is 11.5 Å². The fraction of sp³-hybridized carbons (Fsp3) is 0.0769. The molecule has 0 fully saturated rings. The smallest absolute Gasteiger partial charge is 0.150 e. The number of nitrogens with two attached hydrogens (primary N) is 3. The average Bonchev–Trinajstić information content (AvgIpc) is 2.28. The number of rotatable bonds is 2. The zero-order valence-electron chi connectivity index (χ0n) is 9.60. The van der Waals surface area contributed by atoms with Crippen molar-refractivity contribution in [3.63, 3.8) is 0 Å². The van der Waals surface area contributed by atoms with Crippen LogP contribution in [0.4, 0.5) is 17.1 Å². The van der Waals surface area contributed by atoms with Crippen molar-refractivity contribution in [2.24, 2.45) is 0 Å². The van der Waals surface area contributed by atoms with Crippen LogP contribution < -0.4 is 21.9 Å². The first kappa shape index (κ1) is 11.1. The molecule has 4 nitrogen and oxygen atoms in total. The van der Waals surface area contributed by atoms with E-state index in [9.17, 15) is 0 Å². The molecule has 0 spiro atoms. The predicted octanol–water partition coefficient (Wildman–Crippen LogP) is 2.53. The van der Waals surface area contributed by atoms with Crippen molar-refractivity contribution in [3.05, 3.63) is 42.0 Å². The normalized spacial score (nSPS) is 10.2. The SMILES string of the molecule is Cc1c(N)cccc1Oc1ccc(N)cc1N. The molecule has 17 heavy (non-hydrogen) atoms. The number of hydrogen-bond acceptors (Lipinski definition) is 4. The summed E-state index contributed by atoms with van der Waals surface area (Å²) in [5.74, 6) is 1.27. The van der Waals surface area contributed by atoms with Crippen LogP contribution in [0.15, 0.2) is 36.4 Å². The summed E-state index contributed by atoms with van der Waals surface area (Å²) in [5, 5.41) is 0. The van der Waals surface area contributed by atoms with Gasteiger partial charge in [-0.05, 0) is 37.3 Å². The van der Waals surface area contributed by atoms with Crippen molar-refractivity contribution in [2.75, 3.05) is 17.2 Å². The maximum Gasteiger partial charge on any atom is 0.150 e. The van der Waals surface area contributed by atoms with Crippen molar-refractivity contribution in [1.29, 1.82) is 0 Å². The topological polar surface area (TPSA) is 87.3 Å². The minimum absolute atomic E-state index is 0.506. The van der Waals surface area contributed by atoms with Gasteiger partial charge >= 0.3 is 0 Å². The molecule has 2 aromatic rings. The highest BCUT2D eigenvalue weighted by Crippen LogP contribution is 2.32. The van der Waals surface area contributed by atoms with Crippen LogP contribution in [0.5, 0.6) is 11.5 Å². The Morgan fingerprint density at radius 1 is 0.882 bits per heavy atom. The third-order valence-corrected chi connectivity index (χ3v) is 2.58. The second kappa shape index (κ2) is 4.25. The highest BCUT2D eigenvalue weighted by molar-refractivity contribution is 5.62. The molecular formula is C13H15N3O. The molecular weight excluding hydrogens is 214 g/mol. The van der Waals surface area contributed by atoms with E-state index in [1.54, 1.807) is 18.2 Å². The number of ether oxygens (including phenoxy) is 1. The Morgan fingerprint density at radius 2 is 1.65 bits per heavy atom. The van der Waals surface area contributed by atoms with Crippen LogP contribution in [0.1, 0.15) is 5.56 Å². The molecule has 0 atom stereocenters. The van der Waals surface area contributed by atoms with Gasteiger partial charge in [-0.2, -0.15) is 0 Å². The third kappa shape index (κ3) is 2.25. The summed E-state index contributed by atoms with van der Waals surface area (Å²) in [5.41, 5.74) is 19.9.